The maximum Gasteiger partial charge on any atom is 0.244 e. The van der Waals surface area contributed by atoms with Gasteiger partial charge in [-0.2, -0.15) is 5.26 Å². The largest absolute Gasteiger partial charge is 0.420 e. The summed E-state index contributed by atoms with van der Waals surface area (Å²) in [7, 11) is 0. The van der Waals surface area contributed by atoms with Crippen molar-refractivity contribution >= 4 is 0 Å². The Hall–Kier alpha value is -2.74. The van der Waals surface area contributed by atoms with Gasteiger partial charge in [0.15, 0.2) is 0 Å². The topological polar surface area (TPSA) is 87.7 Å². The van der Waals surface area contributed by atoms with E-state index in [0.717, 1.165) is 16.8 Å². The van der Waals surface area contributed by atoms with E-state index in [9.17, 15) is 5.26 Å². The number of H-pyrrole nitrogens is 1. The van der Waals surface area contributed by atoms with Gasteiger partial charge in [-0.25, -0.2) is 0 Å². The Kier molecular flexibility index (Phi) is 2.50. The van der Waals surface area contributed by atoms with Crippen molar-refractivity contribution in [3.05, 3.63) is 58.6 Å². The molecule has 1 aliphatic rings. The molecular formula is C14H12N4O. The Morgan fingerprint density at radius 2 is 2.11 bits per heavy atom. The summed E-state index contributed by atoms with van der Waals surface area (Å²) in [6.07, 6.45) is 0. The van der Waals surface area contributed by atoms with Gasteiger partial charge in [0.2, 0.25) is 11.8 Å². The molecule has 1 aromatic heterocycles. The number of allylic oxidation sites excluding steroid dienone is 1. The Morgan fingerprint density at radius 1 is 1.37 bits per heavy atom. The third kappa shape index (κ3) is 1.66. The molecule has 5 heteroatoms. The molecule has 3 rings (SSSR count). The number of hydrogen-bond acceptors (Lipinski definition) is 4. The first-order valence-electron chi connectivity index (χ1n) is 5.89. The van der Waals surface area contributed by atoms with Crippen molar-refractivity contribution in [3.63, 3.8) is 0 Å². The molecule has 3 N–H and O–H groups in total. The fraction of sp³-hybridized carbons (Fsp3) is 0.143. The van der Waals surface area contributed by atoms with Crippen LogP contribution >= 0.6 is 0 Å². The van der Waals surface area contributed by atoms with Crippen LogP contribution in [0.4, 0.5) is 0 Å². The van der Waals surface area contributed by atoms with Gasteiger partial charge in [-0.1, -0.05) is 30.3 Å². The van der Waals surface area contributed by atoms with Crippen LogP contribution in [0.15, 0.2) is 41.8 Å². The molecule has 0 fully saturated rings. The van der Waals surface area contributed by atoms with E-state index in [-0.39, 0.29) is 11.8 Å². The first-order valence-corrected chi connectivity index (χ1v) is 5.89. The fourth-order valence-electron chi connectivity index (χ4n) is 2.38. The number of aromatic amines is 1. The van der Waals surface area contributed by atoms with Crippen LogP contribution in [-0.2, 0) is 0 Å². The summed E-state index contributed by atoms with van der Waals surface area (Å²) < 4.78 is 5.40. The zero-order valence-electron chi connectivity index (χ0n) is 10.3. The van der Waals surface area contributed by atoms with Crippen LogP contribution < -0.4 is 10.5 Å². The van der Waals surface area contributed by atoms with Gasteiger partial charge in [-0.15, -0.1) is 5.10 Å². The van der Waals surface area contributed by atoms with Crippen LogP contribution in [0.5, 0.6) is 5.88 Å². The minimum atomic E-state index is -0.228. The Morgan fingerprint density at radius 3 is 2.79 bits per heavy atom. The van der Waals surface area contributed by atoms with E-state index < -0.39 is 0 Å². The molecule has 1 atom stereocenters. The maximum absolute atomic E-state index is 9.35. The van der Waals surface area contributed by atoms with Crippen molar-refractivity contribution in [2.24, 2.45) is 5.73 Å². The molecule has 0 aliphatic carbocycles. The molecule has 0 amide bonds. The standard InChI is InChI=1S/C14H12N4O/c1-8-11-12(9-5-3-2-4-6-9)10(7-15)13(16)19-14(11)18-17-8/h2-6,12H,16H2,1H3,(H,17,18)/t12-/m0/s1. The summed E-state index contributed by atoms with van der Waals surface area (Å²) >= 11 is 0. The molecular weight excluding hydrogens is 240 g/mol. The van der Waals surface area contributed by atoms with Gasteiger partial charge in [0.1, 0.15) is 11.6 Å². The van der Waals surface area contributed by atoms with Crippen LogP contribution in [0.25, 0.3) is 0 Å². The van der Waals surface area contributed by atoms with Crippen molar-refractivity contribution in [1.29, 1.82) is 5.26 Å². The fourth-order valence-corrected chi connectivity index (χ4v) is 2.38. The number of hydrogen-bond donors (Lipinski definition) is 2. The normalized spacial score (nSPS) is 17.6. The average Bonchev–Trinajstić information content (AvgIpc) is 2.79. The molecule has 0 radical (unpaired) electrons. The van der Waals surface area contributed by atoms with Gasteiger partial charge in [0, 0.05) is 11.3 Å². The van der Waals surface area contributed by atoms with Gasteiger partial charge >= 0.3 is 0 Å². The number of nitriles is 1. The van der Waals surface area contributed by atoms with Gasteiger partial charge < -0.3 is 10.5 Å². The van der Waals surface area contributed by atoms with Crippen LogP contribution in [0, 0.1) is 18.3 Å². The Bertz CT molecular complexity index is 694. The minimum absolute atomic E-state index is 0.121. The van der Waals surface area contributed by atoms with Gasteiger partial charge in [0.05, 0.1) is 5.92 Å². The van der Waals surface area contributed by atoms with E-state index in [1.54, 1.807) is 0 Å². The molecule has 1 aliphatic heterocycles. The second-order valence-corrected chi connectivity index (χ2v) is 4.40. The smallest absolute Gasteiger partial charge is 0.244 e. The van der Waals surface area contributed by atoms with Crippen molar-refractivity contribution in [2.75, 3.05) is 0 Å². The third-order valence-corrected chi connectivity index (χ3v) is 3.26. The molecule has 1 aromatic carbocycles. The van der Waals surface area contributed by atoms with E-state index >= 15 is 0 Å². The molecule has 0 saturated carbocycles. The molecule has 0 bridgehead atoms. The van der Waals surface area contributed by atoms with Gasteiger partial charge in [-0.3, -0.25) is 5.10 Å². The van der Waals surface area contributed by atoms with Crippen molar-refractivity contribution in [3.8, 4) is 11.9 Å². The molecule has 5 nitrogen and oxygen atoms in total. The number of nitrogens with two attached hydrogens (primary N) is 1. The van der Waals surface area contributed by atoms with Gasteiger partial charge in [-0.05, 0) is 12.5 Å². The zero-order valence-corrected chi connectivity index (χ0v) is 10.3. The van der Waals surface area contributed by atoms with E-state index in [1.165, 1.54) is 0 Å². The van der Waals surface area contributed by atoms with Gasteiger partial charge in [0.25, 0.3) is 0 Å². The first-order chi connectivity index (χ1) is 9.22. The highest BCUT2D eigenvalue weighted by Crippen LogP contribution is 2.42. The molecule has 2 aromatic rings. The summed E-state index contributed by atoms with van der Waals surface area (Å²) in [5.41, 5.74) is 8.99. The number of nitrogens with zero attached hydrogens (tertiary/aromatic N) is 2. The summed E-state index contributed by atoms with van der Waals surface area (Å²) in [5, 5.41) is 16.3. The predicted molar refractivity (Wildman–Crippen MR) is 69.1 cm³/mol. The number of ether oxygens (including phenoxy) is 1. The quantitative estimate of drug-likeness (QED) is 0.811. The highest BCUT2D eigenvalue weighted by Gasteiger charge is 2.33. The van der Waals surface area contributed by atoms with Crippen LogP contribution in [0.2, 0.25) is 0 Å². The monoisotopic (exact) mass is 252 g/mol. The molecule has 0 saturated heterocycles. The number of fused-ring (bicyclic) bond motifs is 1. The molecule has 0 spiro atoms. The SMILES string of the molecule is Cc1[nH]nc2c1[C@@H](c1ccccc1)C(C#N)=C(N)O2. The third-order valence-electron chi connectivity index (χ3n) is 3.26. The van der Waals surface area contributed by atoms with E-state index in [4.69, 9.17) is 10.5 Å². The van der Waals surface area contributed by atoms with E-state index in [0.29, 0.717) is 11.5 Å². The summed E-state index contributed by atoms with van der Waals surface area (Å²) in [6.45, 7) is 1.90. The van der Waals surface area contributed by atoms with E-state index in [1.807, 2.05) is 37.3 Å². The van der Waals surface area contributed by atoms with E-state index in [2.05, 4.69) is 16.3 Å². The zero-order chi connectivity index (χ0) is 13.4. The first kappa shape index (κ1) is 11.4. The number of aryl methyl sites for hydroxylation is 1. The molecule has 2 heterocycles. The van der Waals surface area contributed by atoms with Crippen LogP contribution in [-0.4, -0.2) is 10.2 Å². The number of benzene rings is 1. The maximum atomic E-state index is 9.35. The van der Waals surface area contributed by atoms with Crippen LogP contribution in [0.1, 0.15) is 22.7 Å². The van der Waals surface area contributed by atoms with Crippen LogP contribution in [0.3, 0.4) is 0 Å². The number of aromatic nitrogens is 2. The minimum Gasteiger partial charge on any atom is -0.420 e. The summed E-state index contributed by atoms with van der Waals surface area (Å²) in [4.78, 5) is 0. The summed E-state index contributed by atoms with van der Waals surface area (Å²) in [5.74, 6) is 0.340. The number of nitrogens with one attached hydrogen (secondary N) is 1. The second-order valence-electron chi connectivity index (χ2n) is 4.40. The lowest BCUT2D eigenvalue weighted by atomic mass is 9.84. The highest BCUT2D eigenvalue weighted by atomic mass is 16.5. The predicted octanol–water partition coefficient (Wildman–Crippen LogP) is 1.94. The summed E-state index contributed by atoms with van der Waals surface area (Å²) in [6, 6.07) is 11.9. The molecule has 94 valence electrons. The Balaban J connectivity index is 2.25. The molecule has 19 heavy (non-hydrogen) atoms. The van der Waals surface area contributed by atoms with Crippen molar-refractivity contribution in [1.82, 2.24) is 10.2 Å². The Labute approximate surface area is 110 Å². The lowest BCUT2D eigenvalue weighted by Gasteiger charge is -2.23. The lowest BCUT2D eigenvalue weighted by Crippen LogP contribution is -2.20. The van der Waals surface area contributed by atoms with Crippen molar-refractivity contribution in [2.45, 2.75) is 12.8 Å². The molecule has 0 unspecified atom stereocenters. The van der Waals surface area contributed by atoms with Crippen molar-refractivity contribution < 1.29 is 4.74 Å². The average molecular weight is 252 g/mol. The lowest BCUT2D eigenvalue weighted by molar-refractivity contribution is 0.379. The number of rotatable bonds is 1. The highest BCUT2D eigenvalue weighted by molar-refractivity contribution is 5.54. The second kappa shape index (κ2) is 4.18.